The summed E-state index contributed by atoms with van der Waals surface area (Å²) in [6.45, 7) is 2.27. The number of halogens is 3. The van der Waals surface area contributed by atoms with E-state index in [9.17, 15) is 13.2 Å². The molecule has 4 nitrogen and oxygen atoms in total. The van der Waals surface area contributed by atoms with Crippen LogP contribution in [0.15, 0.2) is 6.07 Å². The van der Waals surface area contributed by atoms with Gasteiger partial charge in [-0.1, -0.05) is 0 Å². The van der Waals surface area contributed by atoms with Crippen molar-refractivity contribution < 1.29 is 13.2 Å². The maximum absolute atomic E-state index is 12.7. The predicted molar refractivity (Wildman–Crippen MR) is 62.6 cm³/mol. The van der Waals surface area contributed by atoms with Crippen LogP contribution >= 0.6 is 0 Å². The molecule has 0 aliphatic heterocycles. The van der Waals surface area contributed by atoms with E-state index in [0.717, 1.165) is 18.9 Å². The molecule has 0 aromatic carbocycles. The van der Waals surface area contributed by atoms with Crippen molar-refractivity contribution >= 4 is 11.8 Å². The third-order valence-electron chi connectivity index (χ3n) is 2.79. The summed E-state index contributed by atoms with van der Waals surface area (Å²) in [7, 11) is 1.76. The summed E-state index contributed by atoms with van der Waals surface area (Å²) < 4.78 is 38.2. The highest BCUT2D eigenvalue weighted by Gasteiger charge is 2.35. The van der Waals surface area contributed by atoms with Crippen molar-refractivity contribution in [3.63, 3.8) is 0 Å². The van der Waals surface area contributed by atoms with Crippen molar-refractivity contribution in [2.24, 2.45) is 0 Å². The molecule has 1 heterocycles. The van der Waals surface area contributed by atoms with Crippen molar-refractivity contribution in [2.75, 3.05) is 23.8 Å². The van der Waals surface area contributed by atoms with Gasteiger partial charge in [-0.05, 0) is 19.8 Å². The zero-order chi connectivity index (χ0) is 13.3. The van der Waals surface area contributed by atoms with Crippen molar-refractivity contribution in [1.29, 1.82) is 0 Å². The normalized spacial score (nSPS) is 15.6. The largest absolute Gasteiger partial charge is 0.433 e. The molecule has 1 aromatic heterocycles. The minimum absolute atomic E-state index is 0.0230. The standard InChI is InChI=1S/C11H15F3N4/c1-3-15-10-16-8(11(12,13)14)6-9(17-10)18(2)7-4-5-7/h6-7H,3-5H2,1-2H3,(H,15,16,17). The van der Waals surface area contributed by atoms with E-state index in [0.29, 0.717) is 18.4 Å². The van der Waals surface area contributed by atoms with E-state index in [1.807, 2.05) is 0 Å². The molecule has 0 spiro atoms. The molecule has 1 saturated carbocycles. The van der Waals surface area contributed by atoms with Crippen LogP contribution in [0.2, 0.25) is 0 Å². The van der Waals surface area contributed by atoms with Crippen LogP contribution < -0.4 is 10.2 Å². The molecule has 0 unspecified atom stereocenters. The van der Waals surface area contributed by atoms with E-state index < -0.39 is 11.9 Å². The number of anilines is 2. The van der Waals surface area contributed by atoms with Crippen LogP contribution in [0, 0.1) is 0 Å². The van der Waals surface area contributed by atoms with Crippen LogP contribution in [-0.2, 0) is 6.18 Å². The summed E-state index contributed by atoms with van der Waals surface area (Å²) in [6.07, 6.45) is -2.46. The summed E-state index contributed by atoms with van der Waals surface area (Å²) in [5.74, 6) is 0.339. The lowest BCUT2D eigenvalue weighted by Crippen LogP contribution is -2.23. The molecule has 100 valence electrons. The van der Waals surface area contributed by atoms with Crippen LogP contribution in [0.3, 0.4) is 0 Å². The molecule has 0 saturated heterocycles. The lowest BCUT2D eigenvalue weighted by Gasteiger charge is -2.19. The first-order valence-electron chi connectivity index (χ1n) is 5.84. The van der Waals surface area contributed by atoms with Gasteiger partial charge in [-0.2, -0.15) is 18.2 Å². The first-order valence-corrected chi connectivity index (χ1v) is 5.84. The number of rotatable bonds is 4. The zero-order valence-electron chi connectivity index (χ0n) is 10.3. The molecule has 1 N–H and O–H groups in total. The molecular weight excluding hydrogens is 245 g/mol. The first-order chi connectivity index (χ1) is 8.41. The average molecular weight is 260 g/mol. The summed E-state index contributed by atoms with van der Waals surface area (Å²) in [4.78, 5) is 9.36. The summed E-state index contributed by atoms with van der Waals surface area (Å²) in [5.41, 5.74) is -0.907. The molecule has 7 heteroatoms. The van der Waals surface area contributed by atoms with E-state index in [1.54, 1.807) is 18.9 Å². The molecule has 1 aromatic rings. The Labute approximate surface area is 103 Å². The van der Waals surface area contributed by atoms with Crippen molar-refractivity contribution in [3.8, 4) is 0 Å². The minimum Gasteiger partial charge on any atom is -0.357 e. The van der Waals surface area contributed by atoms with E-state index >= 15 is 0 Å². The van der Waals surface area contributed by atoms with Gasteiger partial charge in [0.05, 0.1) is 0 Å². The Kier molecular flexibility index (Phi) is 3.32. The number of alkyl halides is 3. The van der Waals surface area contributed by atoms with Gasteiger partial charge in [-0.3, -0.25) is 0 Å². The lowest BCUT2D eigenvalue weighted by atomic mass is 10.3. The van der Waals surface area contributed by atoms with Gasteiger partial charge in [0, 0.05) is 25.7 Å². The van der Waals surface area contributed by atoms with Gasteiger partial charge < -0.3 is 10.2 Å². The number of hydrogen-bond donors (Lipinski definition) is 1. The van der Waals surface area contributed by atoms with Crippen LogP contribution in [0.25, 0.3) is 0 Å². The Bertz CT molecular complexity index is 429. The number of nitrogens with zero attached hydrogens (tertiary/aromatic N) is 3. The fraction of sp³-hybridized carbons (Fsp3) is 0.636. The Hall–Kier alpha value is -1.53. The molecule has 0 bridgehead atoms. The third kappa shape index (κ3) is 2.83. The maximum atomic E-state index is 12.7. The van der Waals surface area contributed by atoms with E-state index in [-0.39, 0.29) is 5.95 Å². The van der Waals surface area contributed by atoms with Crippen molar-refractivity contribution in [1.82, 2.24) is 9.97 Å². The summed E-state index contributed by atoms with van der Waals surface area (Å²) in [6, 6.07) is 1.30. The average Bonchev–Trinajstić information content (AvgIpc) is 3.11. The Morgan fingerprint density at radius 3 is 2.56 bits per heavy atom. The molecule has 1 aliphatic carbocycles. The Morgan fingerprint density at radius 1 is 1.39 bits per heavy atom. The van der Waals surface area contributed by atoms with Gasteiger partial charge >= 0.3 is 6.18 Å². The molecule has 0 radical (unpaired) electrons. The fourth-order valence-corrected chi connectivity index (χ4v) is 1.65. The van der Waals surface area contributed by atoms with E-state index in [2.05, 4.69) is 15.3 Å². The molecule has 18 heavy (non-hydrogen) atoms. The smallest absolute Gasteiger partial charge is 0.357 e. The molecule has 2 rings (SSSR count). The Morgan fingerprint density at radius 2 is 2.06 bits per heavy atom. The zero-order valence-corrected chi connectivity index (χ0v) is 10.3. The monoisotopic (exact) mass is 260 g/mol. The van der Waals surface area contributed by atoms with Crippen molar-refractivity contribution in [3.05, 3.63) is 11.8 Å². The van der Waals surface area contributed by atoms with Gasteiger partial charge in [0.15, 0.2) is 5.69 Å². The van der Waals surface area contributed by atoms with Gasteiger partial charge in [0.25, 0.3) is 0 Å². The van der Waals surface area contributed by atoms with Crippen molar-refractivity contribution in [2.45, 2.75) is 32.0 Å². The molecule has 0 atom stereocenters. The van der Waals surface area contributed by atoms with Crippen LogP contribution in [0.4, 0.5) is 24.9 Å². The second-order valence-corrected chi connectivity index (χ2v) is 4.31. The van der Waals surface area contributed by atoms with Crippen LogP contribution in [0.5, 0.6) is 0 Å². The first kappa shape index (κ1) is 12.9. The number of hydrogen-bond acceptors (Lipinski definition) is 4. The van der Waals surface area contributed by atoms with Gasteiger partial charge in [-0.25, -0.2) is 4.98 Å². The third-order valence-corrected chi connectivity index (χ3v) is 2.79. The highest BCUT2D eigenvalue weighted by atomic mass is 19.4. The second kappa shape index (κ2) is 4.62. The predicted octanol–water partition coefficient (Wildman–Crippen LogP) is 2.53. The Balaban J connectivity index is 2.35. The number of aromatic nitrogens is 2. The maximum Gasteiger partial charge on any atom is 0.433 e. The van der Waals surface area contributed by atoms with Crippen LogP contribution in [-0.4, -0.2) is 29.6 Å². The highest BCUT2D eigenvalue weighted by Crippen LogP contribution is 2.33. The molecule has 1 fully saturated rings. The SMILES string of the molecule is CCNc1nc(N(C)C2CC2)cc(C(F)(F)F)n1. The van der Waals surface area contributed by atoms with E-state index in [1.165, 1.54) is 0 Å². The second-order valence-electron chi connectivity index (χ2n) is 4.31. The lowest BCUT2D eigenvalue weighted by molar-refractivity contribution is -0.141. The molecular formula is C11H15F3N4. The number of nitrogens with one attached hydrogen (secondary N) is 1. The molecule has 0 amide bonds. The quantitative estimate of drug-likeness (QED) is 0.903. The fourth-order valence-electron chi connectivity index (χ4n) is 1.65. The summed E-state index contributed by atoms with van der Waals surface area (Å²) >= 11 is 0. The summed E-state index contributed by atoms with van der Waals surface area (Å²) in [5, 5.41) is 2.73. The molecule has 1 aliphatic rings. The van der Waals surface area contributed by atoms with E-state index in [4.69, 9.17) is 0 Å². The van der Waals surface area contributed by atoms with Gasteiger partial charge in [0.2, 0.25) is 5.95 Å². The van der Waals surface area contributed by atoms with Gasteiger partial charge in [0.1, 0.15) is 5.82 Å². The van der Waals surface area contributed by atoms with Crippen LogP contribution in [0.1, 0.15) is 25.5 Å². The highest BCUT2D eigenvalue weighted by molar-refractivity contribution is 5.46. The topological polar surface area (TPSA) is 41.1 Å². The van der Waals surface area contributed by atoms with Gasteiger partial charge in [-0.15, -0.1) is 0 Å². The minimum atomic E-state index is -4.45.